The maximum Gasteiger partial charge on any atom is 0.0705 e. The first-order valence-corrected chi connectivity index (χ1v) is 8.16. The fourth-order valence-electron chi connectivity index (χ4n) is 3.59. The van der Waals surface area contributed by atoms with Crippen LogP contribution in [0.5, 0.6) is 0 Å². The molecule has 0 N–H and O–H groups in total. The quantitative estimate of drug-likeness (QED) is 0.690. The summed E-state index contributed by atoms with van der Waals surface area (Å²) in [4.78, 5) is 4.77. The molecule has 0 spiro atoms. The maximum atomic E-state index is 6.79. The van der Waals surface area contributed by atoms with Gasteiger partial charge in [0.05, 0.1) is 5.52 Å². The molecule has 1 aliphatic carbocycles. The van der Waals surface area contributed by atoms with Gasteiger partial charge in [-0.3, -0.25) is 4.98 Å². The van der Waals surface area contributed by atoms with Gasteiger partial charge in [-0.25, -0.2) is 0 Å². The molecular formula is C18H22ClN. The van der Waals surface area contributed by atoms with Crippen molar-refractivity contribution >= 4 is 22.5 Å². The van der Waals surface area contributed by atoms with E-state index >= 15 is 0 Å². The zero-order chi connectivity index (χ0) is 14.0. The molecule has 0 radical (unpaired) electrons. The van der Waals surface area contributed by atoms with Crippen molar-refractivity contribution in [2.24, 2.45) is 5.41 Å². The van der Waals surface area contributed by atoms with E-state index in [1.165, 1.54) is 37.5 Å². The summed E-state index contributed by atoms with van der Waals surface area (Å²) in [5.41, 5.74) is 2.55. The Morgan fingerprint density at radius 2 is 1.90 bits per heavy atom. The summed E-state index contributed by atoms with van der Waals surface area (Å²) in [6, 6.07) is 12.6. The third kappa shape index (κ3) is 2.56. The largest absolute Gasteiger partial charge is 0.253 e. The van der Waals surface area contributed by atoms with Gasteiger partial charge in [-0.05, 0) is 36.8 Å². The van der Waals surface area contributed by atoms with E-state index in [-0.39, 0.29) is 5.38 Å². The molecule has 0 aliphatic heterocycles. The highest BCUT2D eigenvalue weighted by molar-refractivity contribution is 6.21. The SMILES string of the molecule is CCC1(C(Cl)Cc2ccc3ccccc3n2)CCCC1. The van der Waals surface area contributed by atoms with Crippen molar-refractivity contribution in [1.82, 2.24) is 4.98 Å². The molecule has 1 aromatic heterocycles. The molecule has 1 saturated carbocycles. The van der Waals surface area contributed by atoms with E-state index in [9.17, 15) is 0 Å². The smallest absolute Gasteiger partial charge is 0.0705 e. The van der Waals surface area contributed by atoms with Crippen LogP contribution in [0.1, 0.15) is 44.7 Å². The lowest BCUT2D eigenvalue weighted by atomic mass is 9.78. The first kappa shape index (κ1) is 13.9. The first-order chi connectivity index (χ1) is 9.73. The van der Waals surface area contributed by atoms with Crippen molar-refractivity contribution in [3.8, 4) is 0 Å². The lowest BCUT2D eigenvalue weighted by Gasteiger charge is -2.32. The number of benzene rings is 1. The van der Waals surface area contributed by atoms with Gasteiger partial charge in [-0.1, -0.05) is 44.0 Å². The molecule has 106 valence electrons. The minimum absolute atomic E-state index is 0.212. The highest BCUT2D eigenvalue weighted by Gasteiger charge is 2.38. The number of halogens is 1. The standard InChI is InChI=1S/C18H22ClN/c1-2-18(11-5-6-12-18)17(19)13-15-10-9-14-7-3-4-8-16(14)20-15/h3-4,7-10,17H,2,5-6,11-13H2,1H3. The zero-order valence-corrected chi connectivity index (χ0v) is 12.9. The fraction of sp³-hybridized carbons (Fsp3) is 0.500. The topological polar surface area (TPSA) is 12.9 Å². The van der Waals surface area contributed by atoms with Crippen LogP contribution in [0, 0.1) is 5.41 Å². The predicted molar refractivity (Wildman–Crippen MR) is 86.3 cm³/mol. The third-order valence-corrected chi connectivity index (χ3v) is 5.63. The second-order valence-electron chi connectivity index (χ2n) is 6.09. The van der Waals surface area contributed by atoms with Crippen molar-refractivity contribution in [2.45, 2.75) is 50.8 Å². The van der Waals surface area contributed by atoms with Crippen LogP contribution in [-0.4, -0.2) is 10.4 Å². The summed E-state index contributed by atoms with van der Waals surface area (Å²) in [6.45, 7) is 2.29. The van der Waals surface area contributed by atoms with Gasteiger partial charge < -0.3 is 0 Å². The van der Waals surface area contributed by atoms with E-state index < -0.39 is 0 Å². The predicted octanol–water partition coefficient (Wildman–Crippen LogP) is 5.36. The Labute approximate surface area is 126 Å². The summed E-state index contributed by atoms with van der Waals surface area (Å²) in [5, 5.41) is 1.41. The van der Waals surface area contributed by atoms with Crippen LogP contribution in [0.15, 0.2) is 36.4 Å². The highest BCUT2D eigenvalue weighted by Crippen LogP contribution is 2.46. The molecule has 3 rings (SSSR count). The van der Waals surface area contributed by atoms with E-state index in [4.69, 9.17) is 16.6 Å². The minimum Gasteiger partial charge on any atom is -0.253 e. The van der Waals surface area contributed by atoms with Crippen LogP contribution in [0.3, 0.4) is 0 Å². The summed E-state index contributed by atoms with van der Waals surface area (Å²) in [6.07, 6.45) is 7.32. The molecule has 1 atom stereocenters. The van der Waals surface area contributed by atoms with Crippen molar-refractivity contribution < 1.29 is 0 Å². The number of aromatic nitrogens is 1. The lowest BCUT2D eigenvalue weighted by Crippen LogP contribution is -2.29. The molecule has 1 aliphatic rings. The monoisotopic (exact) mass is 287 g/mol. The summed E-state index contributed by atoms with van der Waals surface area (Å²) in [7, 11) is 0. The lowest BCUT2D eigenvalue weighted by molar-refractivity contribution is 0.266. The number of para-hydroxylation sites is 1. The molecule has 1 heterocycles. The summed E-state index contributed by atoms with van der Waals surface area (Å²) < 4.78 is 0. The van der Waals surface area contributed by atoms with Crippen molar-refractivity contribution in [3.63, 3.8) is 0 Å². The molecule has 1 aromatic carbocycles. The highest BCUT2D eigenvalue weighted by atomic mass is 35.5. The molecule has 1 unspecified atom stereocenters. The average Bonchev–Trinajstić information content (AvgIpc) is 2.97. The second kappa shape index (κ2) is 5.73. The Bertz CT molecular complexity index is 587. The summed E-state index contributed by atoms with van der Waals surface area (Å²) in [5.74, 6) is 0. The average molecular weight is 288 g/mol. The van der Waals surface area contributed by atoms with E-state index in [0.717, 1.165) is 17.6 Å². The van der Waals surface area contributed by atoms with Crippen LogP contribution in [-0.2, 0) is 6.42 Å². The van der Waals surface area contributed by atoms with Gasteiger partial charge in [0.25, 0.3) is 0 Å². The molecule has 1 nitrogen and oxygen atoms in total. The van der Waals surface area contributed by atoms with Gasteiger partial charge in [0.1, 0.15) is 0 Å². The van der Waals surface area contributed by atoms with Crippen LogP contribution in [0.25, 0.3) is 10.9 Å². The van der Waals surface area contributed by atoms with Gasteiger partial charge in [0.2, 0.25) is 0 Å². The van der Waals surface area contributed by atoms with Crippen LogP contribution >= 0.6 is 11.6 Å². The van der Waals surface area contributed by atoms with E-state index in [1.807, 2.05) is 6.07 Å². The number of alkyl halides is 1. The molecule has 20 heavy (non-hydrogen) atoms. The molecular weight excluding hydrogens is 266 g/mol. The maximum absolute atomic E-state index is 6.79. The Kier molecular flexibility index (Phi) is 3.98. The van der Waals surface area contributed by atoms with Crippen LogP contribution in [0.4, 0.5) is 0 Å². The van der Waals surface area contributed by atoms with E-state index in [1.54, 1.807) is 0 Å². The van der Waals surface area contributed by atoms with Crippen LogP contribution < -0.4 is 0 Å². The molecule has 2 aromatic rings. The Morgan fingerprint density at radius 1 is 1.15 bits per heavy atom. The Hall–Kier alpha value is -1.08. The number of nitrogens with zero attached hydrogens (tertiary/aromatic N) is 1. The number of rotatable bonds is 4. The minimum atomic E-state index is 0.212. The number of hydrogen-bond acceptors (Lipinski definition) is 1. The number of pyridine rings is 1. The van der Waals surface area contributed by atoms with E-state index in [0.29, 0.717) is 5.41 Å². The van der Waals surface area contributed by atoms with Crippen molar-refractivity contribution in [2.75, 3.05) is 0 Å². The second-order valence-corrected chi connectivity index (χ2v) is 6.62. The molecule has 0 amide bonds. The fourth-order valence-corrected chi connectivity index (χ4v) is 4.12. The Morgan fingerprint density at radius 3 is 2.65 bits per heavy atom. The number of fused-ring (bicyclic) bond motifs is 1. The van der Waals surface area contributed by atoms with Crippen LogP contribution in [0.2, 0.25) is 0 Å². The van der Waals surface area contributed by atoms with E-state index in [2.05, 4.69) is 37.3 Å². The molecule has 0 saturated heterocycles. The van der Waals surface area contributed by atoms with Crippen molar-refractivity contribution in [3.05, 3.63) is 42.1 Å². The van der Waals surface area contributed by atoms with Crippen molar-refractivity contribution in [1.29, 1.82) is 0 Å². The molecule has 2 heteroatoms. The third-order valence-electron chi connectivity index (χ3n) is 5.01. The number of hydrogen-bond donors (Lipinski definition) is 0. The van der Waals surface area contributed by atoms with Gasteiger partial charge in [0, 0.05) is 22.9 Å². The zero-order valence-electron chi connectivity index (χ0n) is 12.1. The summed E-state index contributed by atoms with van der Waals surface area (Å²) >= 11 is 6.79. The van der Waals surface area contributed by atoms with Gasteiger partial charge >= 0.3 is 0 Å². The van der Waals surface area contributed by atoms with Gasteiger partial charge in [0.15, 0.2) is 0 Å². The molecule has 0 bridgehead atoms. The normalized spacial score (nSPS) is 19.3. The van der Waals surface area contributed by atoms with Gasteiger partial charge in [-0.15, -0.1) is 11.6 Å². The van der Waals surface area contributed by atoms with Gasteiger partial charge in [-0.2, -0.15) is 0 Å². The molecule has 1 fully saturated rings. The Balaban J connectivity index is 1.81. The first-order valence-electron chi connectivity index (χ1n) is 7.72.